The van der Waals surface area contributed by atoms with Crippen LogP contribution in [-0.4, -0.2) is 17.1 Å². The van der Waals surface area contributed by atoms with Gasteiger partial charge in [-0.2, -0.15) is 0 Å². The van der Waals surface area contributed by atoms with Gasteiger partial charge in [0.15, 0.2) is 0 Å². The largest absolute Gasteiger partial charge is 0.480 e. The Balaban J connectivity index is 2.72. The number of thiophene rings is 1. The van der Waals surface area contributed by atoms with Crippen molar-refractivity contribution >= 4 is 33.2 Å². The molecule has 0 radical (unpaired) electrons. The molecule has 1 unspecified atom stereocenters. The zero-order chi connectivity index (χ0) is 10.7. The van der Waals surface area contributed by atoms with Gasteiger partial charge in [0.2, 0.25) is 0 Å². The summed E-state index contributed by atoms with van der Waals surface area (Å²) in [5.41, 5.74) is 5.44. The summed E-state index contributed by atoms with van der Waals surface area (Å²) < 4.78 is 1.05. The highest BCUT2D eigenvalue weighted by molar-refractivity contribution is 9.10. The van der Waals surface area contributed by atoms with Gasteiger partial charge < -0.3 is 10.8 Å². The average Bonchev–Trinajstić information content (AvgIpc) is 2.45. The zero-order valence-electron chi connectivity index (χ0n) is 7.79. The molecule has 1 rings (SSSR count). The molecule has 1 aromatic heterocycles. The second-order valence-corrected chi connectivity index (χ2v) is 5.06. The molecular weight excluding hydrogens is 266 g/mol. The number of hydrogen-bond acceptors (Lipinski definition) is 3. The summed E-state index contributed by atoms with van der Waals surface area (Å²) in [4.78, 5) is 12.8. The summed E-state index contributed by atoms with van der Waals surface area (Å²) in [5, 5.41) is 8.64. The molecule has 0 aliphatic rings. The fourth-order valence-electron chi connectivity index (χ4n) is 1.10. The second-order valence-electron chi connectivity index (χ2n) is 2.99. The second kappa shape index (κ2) is 4.91. The average molecular weight is 278 g/mol. The molecule has 1 atom stereocenters. The molecule has 5 heteroatoms. The maximum Gasteiger partial charge on any atom is 0.320 e. The van der Waals surface area contributed by atoms with E-state index in [1.807, 2.05) is 6.07 Å². The van der Waals surface area contributed by atoms with Crippen molar-refractivity contribution < 1.29 is 9.90 Å². The lowest BCUT2D eigenvalue weighted by Gasteiger charge is -2.02. The van der Waals surface area contributed by atoms with Crippen molar-refractivity contribution in [3.05, 3.63) is 20.3 Å². The molecular formula is C9H12BrNO2S. The normalized spacial score (nSPS) is 12.8. The van der Waals surface area contributed by atoms with E-state index in [4.69, 9.17) is 10.8 Å². The van der Waals surface area contributed by atoms with Crippen LogP contribution in [0, 0.1) is 0 Å². The van der Waals surface area contributed by atoms with Crippen molar-refractivity contribution in [3.63, 3.8) is 0 Å². The summed E-state index contributed by atoms with van der Waals surface area (Å²) in [5.74, 6) is -0.951. The Morgan fingerprint density at radius 1 is 1.79 bits per heavy atom. The number of aryl methyl sites for hydroxylation is 1. The van der Waals surface area contributed by atoms with Gasteiger partial charge in [-0.3, -0.25) is 4.79 Å². The van der Waals surface area contributed by atoms with Crippen molar-refractivity contribution in [1.29, 1.82) is 0 Å². The van der Waals surface area contributed by atoms with Gasteiger partial charge in [0.1, 0.15) is 6.04 Å². The van der Waals surface area contributed by atoms with Crippen molar-refractivity contribution in [3.8, 4) is 0 Å². The van der Waals surface area contributed by atoms with Crippen LogP contribution in [0.2, 0.25) is 0 Å². The highest BCUT2D eigenvalue weighted by Gasteiger charge is 2.14. The Labute approximate surface area is 95.1 Å². The molecule has 0 fully saturated rings. The fourth-order valence-corrected chi connectivity index (χ4v) is 3.11. The number of rotatable bonds is 4. The van der Waals surface area contributed by atoms with E-state index in [1.54, 1.807) is 11.3 Å². The third kappa shape index (κ3) is 2.80. The molecule has 0 saturated carbocycles. The smallest absolute Gasteiger partial charge is 0.320 e. The van der Waals surface area contributed by atoms with Crippen LogP contribution < -0.4 is 5.73 Å². The van der Waals surface area contributed by atoms with E-state index in [1.165, 1.54) is 4.88 Å². The van der Waals surface area contributed by atoms with Crippen LogP contribution in [-0.2, 0) is 17.6 Å². The molecule has 0 aliphatic heterocycles. The van der Waals surface area contributed by atoms with E-state index in [0.29, 0.717) is 6.42 Å². The number of nitrogens with two attached hydrogens (primary N) is 1. The van der Waals surface area contributed by atoms with Crippen LogP contribution in [0.3, 0.4) is 0 Å². The fraction of sp³-hybridized carbons (Fsp3) is 0.444. The first-order valence-electron chi connectivity index (χ1n) is 4.30. The standard InChI is InChI=1S/C9H12BrNO2S/c1-2-8-6(10)3-5(14-8)4-7(11)9(12)13/h3,7H,2,4,11H2,1H3,(H,12,13). The van der Waals surface area contributed by atoms with E-state index >= 15 is 0 Å². The number of aliphatic carboxylic acids is 1. The van der Waals surface area contributed by atoms with Gasteiger partial charge in [-0.05, 0) is 28.4 Å². The van der Waals surface area contributed by atoms with Gasteiger partial charge in [0.25, 0.3) is 0 Å². The minimum Gasteiger partial charge on any atom is -0.480 e. The molecule has 78 valence electrons. The SMILES string of the molecule is CCc1sc(CC(N)C(=O)O)cc1Br. The molecule has 3 nitrogen and oxygen atoms in total. The molecule has 3 N–H and O–H groups in total. The first-order valence-corrected chi connectivity index (χ1v) is 5.91. The van der Waals surface area contributed by atoms with Crippen molar-refractivity contribution in [2.75, 3.05) is 0 Å². The minimum absolute atomic E-state index is 0.401. The van der Waals surface area contributed by atoms with Crippen LogP contribution in [0.25, 0.3) is 0 Å². The molecule has 0 bridgehead atoms. The Morgan fingerprint density at radius 2 is 2.43 bits per heavy atom. The van der Waals surface area contributed by atoms with Gasteiger partial charge in [0, 0.05) is 20.6 Å². The van der Waals surface area contributed by atoms with Crippen LogP contribution >= 0.6 is 27.3 Å². The van der Waals surface area contributed by atoms with Crippen LogP contribution in [0.4, 0.5) is 0 Å². The van der Waals surface area contributed by atoms with E-state index in [0.717, 1.165) is 15.8 Å². The van der Waals surface area contributed by atoms with Gasteiger partial charge in [-0.25, -0.2) is 0 Å². The summed E-state index contributed by atoms with van der Waals surface area (Å²) in [6.45, 7) is 2.07. The number of carboxylic acids is 1. The summed E-state index contributed by atoms with van der Waals surface area (Å²) >= 11 is 5.04. The monoisotopic (exact) mass is 277 g/mol. The molecule has 0 spiro atoms. The van der Waals surface area contributed by atoms with Crippen molar-refractivity contribution in [1.82, 2.24) is 0 Å². The lowest BCUT2D eigenvalue weighted by molar-refractivity contribution is -0.138. The first kappa shape index (κ1) is 11.7. The lowest BCUT2D eigenvalue weighted by atomic mass is 10.2. The van der Waals surface area contributed by atoms with E-state index in [2.05, 4.69) is 22.9 Å². The maximum atomic E-state index is 10.5. The molecule has 14 heavy (non-hydrogen) atoms. The van der Waals surface area contributed by atoms with Crippen LogP contribution in [0.15, 0.2) is 10.5 Å². The predicted octanol–water partition coefficient (Wildman–Crippen LogP) is 2.03. The zero-order valence-corrected chi connectivity index (χ0v) is 10.2. The number of carbonyl (C=O) groups is 1. The Bertz CT molecular complexity index is 338. The Kier molecular flexibility index (Phi) is 4.10. The maximum absolute atomic E-state index is 10.5. The summed E-state index contributed by atoms with van der Waals surface area (Å²) in [7, 11) is 0. The third-order valence-electron chi connectivity index (χ3n) is 1.87. The number of halogens is 1. The Hall–Kier alpha value is -0.390. The van der Waals surface area contributed by atoms with Gasteiger partial charge >= 0.3 is 5.97 Å². The molecule has 0 aromatic carbocycles. The quantitative estimate of drug-likeness (QED) is 0.885. The predicted molar refractivity (Wildman–Crippen MR) is 60.7 cm³/mol. The summed E-state index contributed by atoms with van der Waals surface area (Å²) in [6.07, 6.45) is 1.35. The minimum atomic E-state index is -0.951. The highest BCUT2D eigenvalue weighted by Crippen LogP contribution is 2.28. The van der Waals surface area contributed by atoms with Gasteiger partial charge in [-0.15, -0.1) is 11.3 Å². The number of carboxylic acid groups (broad SMARTS) is 1. The third-order valence-corrected chi connectivity index (χ3v) is 4.14. The van der Waals surface area contributed by atoms with Crippen molar-refractivity contribution in [2.24, 2.45) is 5.73 Å². The highest BCUT2D eigenvalue weighted by atomic mass is 79.9. The van der Waals surface area contributed by atoms with Crippen LogP contribution in [0.5, 0.6) is 0 Å². The summed E-state index contributed by atoms with van der Waals surface area (Å²) in [6, 6.07) is 1.15. The molecule has 0 aliphatic carbocycles. The molecule has 1 aromatic rings. The first-order chi connectivity index (χ1) is 6.54. The Morgan fingerprint density at radius 3 is 2.86 bits per heavy atom. The topological polar surface area (TPSA) is 63.3 Å². The van der Waals surface area contributed by atoms with Gasteiger partial charge in [0.05, 0.1) is 0 Å². The molecule has 1 heterocycles. The van der Waals surface area contributed by atoms with E-state index in [9.17, 15) is 4.79 Å². The van der Waals surface area contributed by atoms with Crippen molar-refractivity contribution in [2.45, 2.75) is 25.8 Å². The van der Waals surface area contributed by atoms with E-state index < -0.39 is 12.0 Å². The number of hydrogen-bond donors (Lipinski definition) is 2. The van der Waals surface area contributed by atoms with Gasteiger partial charge in [-0.1, -0.05) is 6.92 Å². The molecule has 0 saturated heterocycles. The molecule has 0 amide bonds. The van der Waals surface area contributed by atoms with Crippen LogP contribution in [0.1, 0.15) is 16.7 Å². The van der Waals surface area contributed by atoms with E-state index in [-0.39, 0.29) is 0 Å². The lowest BCUT2D eigenvalue weighted by Crippen LogP contribution is -2.31.